The Kier molecular flexibility index (Phi) is 6.24. The summed E-state index contributed by atoms with van der Waals surface area (Å²) in [5.74, 6) is 1.38. The van der Waals surface area contributed by atoms with Crippen LogP contribution in [0.25, 0.3) is 0 Å². The van der Waals surface area contributed by atoms with Crippen molar-refractivity contribution in [2.75, 3.05) is 20.2 Å². The molecular formula is C16H27N3O3. The molecule has 0 bridgehead atoms. The highest BCUT2D eigenvalue weighted by atomic mass is 16.5. The van der Waals surface area contributed by atoms with Crippen LogP contribution in [0.2, 0.25) is 0 Å². The fourth-order valence-electron chi connectivity index (χ4n) is 2.84. The topological polar surface area (TPSA) is 67.6 Å². The van der Waals surface area contributed by atoms with Gasteiger partial charge in [0.25, 0.3) is 0 Å². The van der Waals surface area contributed by atoms with Gasteiger partial charge in [-0.05, 0) is 25.7 Å². The normalized spacial score (nSPS) is 21.6. The molecule has 2 atom stereocenters. The molecule has 1 aliphatic carbocycles. The first kappa shape index (κ1) is 16.8. The predicted molar refractivity (Wildman–Crippen MR) is 83.5 cm³/mol. The fourth-order valence-corrected chi connectivity index (χ4v) is 2.84. The van der Waals surface area contributed by atoms with E-state index in [2.05, 4.69) is 17.4 Å². The number of urea groups is 1. The molecule has 6 nitrogen and oxygen atoms in total. The van der Waals surface area contributed by atoms with Gasteiger partial charge >= 0.3 is 6.03 Å². The quantitative estimate of drug-likeness (QED) is 0.820. The van der Waals surface area contributed by atoms with Crippen LogP contribution in [0.1, 0.15) is 44.1 Å². The van der Waals surface area contributed by atoms with Crippen LogP contribution in [0.4, 0.5) is 4.79 Å². The zero-order valence-corrected chi connectivity index (χ0v) is 13.8. The highest BCUT2D eigenvalue weighted by molar-refractivity contribution is 5.73. The molecule has 124 valence electrons. The Bertz CT molecular complexity index is 475. The third-order valence-corrected chi connectivity index (χ3v) is 4.17. The van der Waals surface area contributed by atoms with Crippen LogP contribution < -0.4 is 5.32 Å². The first-order valence-corrected chi connectivity index (χ1v) is 8.09. The zero-order chi connectivity index (χ0) is 15.9. The van der Waals surface area contributed by atoms with Crippen LogP contribution in [-0.4, -0.2) is 42.4 Å². The third kappa shape index (κ3) is 5.02. The van der Waals surface area contributed by atoms with Crippen molar-refractivity contribution in [3.05, 3.63) is 17.5 Å². The van der Waals surface area contributed by atoms with Crippen molar-refractivity contribution >= 4 is 6.03 Å². The maximum Gasteiger partial charge on any atom is 0.317 e. The Morgan fingerprint density at radius 3 is 2.95 bits per heavy atom. The number of carbonyl (C=O) groups excluding carboxylic acids is 1. The van der Waals surface area contributed by atoms with E-state index >= 15 is 0 Å². The molecule has 2 amide bonds. The van der Waals surface area contributed by atoms with Gasteiger partial charge in [-0.1, -0.05) is 24.9 Å². The second-order valence-electron chi connectivity index (χ2n) is 6.19. The number of carbonyl (C=O) groups is 1. The van der Waals surface area contributed by atoms with Crippen molar-refractivity contribution in [1.82, 2.24) is 15.4 Å². The average Bonchev–Trinajstić information content (AvgIpc) is 2.90. The zero-order valence-electron chi connectivity index (χ0n) is 13.8. The molecule has 0 unspecified atom stereocenters. The lowest BCUT2D eigenvalue weighted by Gasteiger charge is -2.28. The van der Waals surface area contributed by atoms with Gasteiger partial charge in [-0.25, -0.2) is 4.79 Å². The van der Waals surface area contributed by atoms with Crippen LogP contribution in [-0.2, 0) is 11.3 Å². The number of hydrogen-bond acceptors (Lipinski definition) is 4. The number of aryl methyl sites for hydroxylation is 1. The van der Waals surface area contributed by atoms with Gasteiger partial charge in [0.05, 0.1) is 19.3 Å². The molecule has 0 aromatic carbocycles. The number of rotatable bonds is 6. The predicted octanol–water partition coefficient (Wildman–Crippen LogP) is 2.72. The van der Waals surface area contributed by atoms with Gasteiger partial charge < -0.3 is 19.5 Å². The molecule has 1 saturated carbocycles. The van der Waals surface area contributed by atoms with Gasteiger partial charge in [-0.15, -0.1) is 0 Å². The summed E-state index contributed by atoms with van der Waals surface area (Å²) in [5, 5.41) is 6.75. The SMILES string of the molecule is Cc1cc(CN(C)C(=O)NCCO[C@@H]2CCCC[C@H]2C)no1. The van der Waals surface area contributed by atoms with Gasteiger partial charge in [-0.2, -0.15) is 0 Å². The fraction of sp³-hybridized carbons (Fsp3) is 0.750. The average molecular weight is 309 g/mol. The summed E-state index contributed by atoms with van der Waals surface area (Å²) in [5.41, 5.74) is 0.752. The Labute approximate surface area is 132 Å². The molecular weight excluding hydrogens is 282 g/mol. The summed E-state index contributed by atoms with van der Waals surface area (Å²) in [6, 6.07) is 1.71. The van der Waals surface area contributed by atoms with E-state index in [-0.39, 0.29) is 6.03 Å². The molecule has 22 heavy (non-hydrogen) atoms. The number of ether oxygens (including phenoxy) is 1. The first-order chi connectivity index (χ1) is 10.6. The largest absolute Gasteiger partial charge is 0.376 e. The number of amides is 2. The lowest BCUT2D eigenvalue weighted by atomic mass is 9.88. The summed E-state index contributed by atoms with van der Waals surface area (Å²) < 4.78 is 10.9. The van der Waals surface area contributed by atoms with Gasteiger partial charge in [0, 0.05) is 19.7 Å². The summed E-state index contributed by atoms with van der Waals surface area (Å²) in [6.45, 7) is 5.61. The Morgan fingerprint density at radius 1 is 1.50 bits per heavy atom. The highest BCUT2D eigenvalue weighted by Gasteiger charge is 2.21. The lowest BCUT2D eigenvalue weighted by molar-refractivity contribution is -0.00267. The molecule has 1 heterocycles. The molecule has 6 heteroatoms. The smallest absolute Gasteiger partial charge is 0.317 e. The van der Waals surface area contributed by atoms with Crippen molar-refractivity contribution in [1.29, 1.82) is 0 Å². The van der Waals surface area contributed by atoms with E-state index < -0.39 is 0 Å². The summed E-state index contributed by atoms with van der Waals surface area (Å²) in [6.07, 6.45) is 5.30. The van der Waals surface area contributed by atoms with Crippen LogP contribution in [0, 0.1) is 12.8 Å². The Balaban J connectivity index is 1.62. The Hall–Kier alpha value is -1.56. The van der Waals surface area contributed by atoms with Crippen LogP contribution in [0.5, 0.6) is 0 Å². The van der Waals surface area contributed by atoms with Gasteiger partial charge in [-0.3, -0.25) is 0 Å². The van der Waals surface area contributed by atoms with Gasteiger partial charge in [0.2, 0.25) is 0 Å². The summed E-state index contributed by atoms with van der Waals surface area (Å²) in [4.78, 5) is 13.6. The monoisotopic (exact) mass is 309 g/mol. The van der Waals surface area contributed by atoms with Crippen LogP contribution in [0.15, 0.2) is 10.6 Å². The molecule has 0 spiro atoms. The molecule has 1 fully saturated rings. The third-order valence-electron chi connectivity index (χ3n) is 4.17. The number of hydrogen-bond donors (Lipinski definition) is 1. The van der Waals surface area contributed by atoms with Crippen molar-refractivity contribution in [3.8, 4) is 0 Å². The van der Waals surface area contributed by atoms with E-state index in [4.69, 9.17) is 9.26 Å². The molecule has 0 saturated heterocycles. The number of nitrogens with zero attached hydrogens (tertiary/aromatic N) is 2. The lowest BCUT2D eigenvalue weighted by Crippen LogP contribution is -2.39. The van der Waals surface area contributed by atoms with Crippen molar-refractivity contribution in [2.24, 2.45) is 5.92 Å². The second kappa shape index (κ2) is 8.17. The number of aromatic nitrogens is 1. The molecule has 1 aromatic rings. The highest BCUT2D eigenvalue weighted by Crippen LogP contribution is 2.25. The van der Waals surface area contributed by atoms with E-state index in [9.17, 15) is 4.79 Å². The van der Waals surface area contributed by atoms with Gasteiger partial charge in [0.15, 0.2) is 0 Å². The first-order valence-electron chi connectivity index (χ1n) is 8.09. The van der Waals surface area contributed by atoms with Crippen LogP contribution >= 0.6 is 0 Å². The summed E-state index contributed by atoms with van der Waals surface area (Å²) in [7, 11) is 1.74. The maximum atomic E-state index is 12.0. The maximum absolute atomic E-state index is 12.0. The summed E-state index contributed by atoms with van der Waals surface area (Å²) >= 11 is 0. The Morgan fingerprint density at radius 2 is 2.27 bits per heavy atom. The molecule has 1 N–H and O–H groups in total. The molecule has 2 rings (SSSR count). The van der Waals surface area contributed by atoms with Gasteiger partial charge in [0.1, 0.15) is 11.5 Å². The molecule has 1 aromatic heterocycles. The minimum absolute atomic E-state index is 0.124. The van der Waals surface area contributed by atoms with Crippen LogP contribution in [0.3, 0.4) is 0 Å². The van der Waals surface area contributed by atoms with E-state index in [1.54, 1.807) is 11.9 Å². The van der Waals surface area contributed by atoms with E-state index in [1.165, 1.54) is 19.3 Å². The second-order valence-corrected chi connectivity index (χ2v) is 6.19. The standard InChI is InChI=1S/C16H27N3O3/c1-12-6-4-5-7-15(12)21-9-8-17-16(20)19(3)11-14-10-13(2)22-18-14/h10,12,15H,4-9,11H2,1-3H3,(H,17,20)/t12-,15-/m1/s1. The minimum Gasteiger partial charge on any atom is -0.376 e. The van der Waals surface area contributed by atoms with E-state index in [0.717, 1.165) is 17.9 Å². The molecule has 0 aliphatic heterocycles. The molecule has 1 aliphatic rings. The van der Waals surface area contributed by atoms with E-state index in [0.29, 0.717) is 31.7 Å². The van der Waals surface area contributed by atoms with Crippen molar-refractivity contribution in [2.45, 2.75) is 52.2 Å². The van der Waals surface area contributed by atoms with E-state index in [1.807, 2.05) is 13.0 Å². The minimum atomic E-state index is -0.124. The molecule has 0 radical (unpaired) electrons. The van der Waals surface area contributed by atoms with Crippen molar-refractivity contribution in [3.63, 3.8) is 0 Å². The number of nitrogens with one attached hydrogen (secondary N) is 1. The van der Waals surface area contributed by atoms with Crippen molar-refractivity contribution < 1.29 is 14.1 Å².